The molecule has 94 valence electrons. The van der Waals surface area contributed by atoms with E-state index in [9.17, 15) is 5.11 Å². The molecule has 2 heteroatoms. The summed E-state index contributed by atoms with van der Waals surface area (Å²) in [6.07, 6.45) is 6.02. The lowest BCUT2D eigenvalue weighted by atomic mass is 9.77. The predicted octanol–water partition coefficient (Wildman–Crippen LogP) is 4.37. The fourth-order valence-electron chi connectivity index (χ4n) is 2.84. The summed E-state index contributed by atoms with van der Waals surface area (Å²) in [7, 11) is 0. The van der Waals surface area contributed by atoms with Gasteiger partial charge in [-0.1, -0.05) is 25.5 Å². The van der Waals surface area contributed by atoms with Gasteiger partial charge in [0.25, 0.3) is 0 Å². The number of rotatable bonds is 3. The third kappa shape index (κ3) is 3.38. The Labute approximate surface area is 109 Å². The van der Waals surface area contributed by atoms with Crippen LogP contribution in [0.4, 0.5) is 0 Å². The van der Waals surface area contributed by atoms with Gasteiger partial charge < -0.3 is 5.11 Å². The summed E-state index contributed by atoms with van der Waals surface area (Å²) in [4.78, 5) is 0. The van der Waals surface area contributed by atoms with Crippen molar-refractivity contribution in [2.45, 2.75) is 44.4 Å². The average Bonchev–Trinajstić information content (AvgIpc) is 2.35. The van der Waals surface area contributed by atoms with Gasteiger partial charge in [-0.3, -0.25) is 0 Å². The number of phenols is 1. The number of phenolic OH excluding ortho intramolecular Hbond substituents is 1. The van der Waals surface area contributed by atoms with Gasteiger partial charge in [0.05, 0.1) is 0 Å². The van der Waals surface area contributed by atoms with Gasteiger partial charge >= 0.3 is 0 Å². The second kappa shape index (κ2) is 5.77. The van der Waals surface area contributed by atoms with E-state index in [1.54, 1.807) is 12.1 Å². The van der Waals surface area contributed by atoms with E-state index in [0.717, 1.165) is 18.8 Å². The van der Waals surface area contributed by atoms with E-state index in [1.807, 2.05) is 12.1 Å². The number of halogens is 1. The van der Waals surface area contributed by atoms with Gasteiger partial charge in [-0.05, 0) is 55.2 Å². The van der Waals surface area contributed by atoms with Crippen LogP contribution in [0.5, 0.6) is 5.75 Å². The van der Waals surface area contributed by atoms with Gasteiger partial charge in [0.2, 0.25) is 0 Å². The summed E-state index contributed by atoms with van der Waals surface area (Å²) in [6.45, 7) is 2.27. The summed E-state index contributed by atoms with van der Waals surface area (Å²) in [5.74, 6) is 1.79. The maximum Gasteiger partial charge on any atom is 0.115 e. The summed E-state index contributed by atoms with van der Waals surface area (Å²) < 4.78 is 0. The summed E-state index contributed by atoms with van der Waals surface area (Å²) in [5, 5.41) is 9.59. The first-order valence-electron chi connectivity index (χ1n) is 6.61. The molecule has 0 aromatic heterocycles. The molecule has 1 N–H and O–H groups in total. The molecule has 1 nitrogen and oxygen atoms in total. The Balaban J connectivity index is 1.98. The molecule has 1 aromatic carbocycles. The zero-order valence-corrected chi connectivity index (χ0v) is 11.2. The molecule has 0 radical (unpaired) electrons. The maximum atomic E-state index is 9.27. The lowest BCUT2D eigenvalue weighted by Crippen LogP contribution is -2.26. The standard InChI is InChI=1S/C15H21ClO/c1-2-11-5-8-15(16)13(9-11)10-12-3-6-14(17)7-4-12/h3-4,6-7,11,13,15,17H,2,5,8-10H2,1H3. The SMILES string of the molecule is CCC1CCC(Cl)C(Cc2ccc(O)cc2)C1. The third-order valence-corrected chi connectivity index (χ3v) is 4.58. The maximum absolute atomic E-state index is 9.27. The molecule has 1 aliphatic carbocycles. The topological polar surface area (TPSA) is 20.2 Å². The first-order chi connectivity index (χ1) is 8.19. The van der Waals surface area contributed by atoms with E-state index in [1.165, 1.54) is 24.8 Å². The fraction of sp³-hybridized carbons (Fsp3) is 0.600. The van der Waals surface area contributed by atoms with Gasteiger partial charge in [-0.15, -0.1) is 11.6 Å². The van der Waals surface area contributed by atoms with Crippen molar-refractivity contribution in [3.05, 3.63) is 29.8 Å². The van der Waals surface area contributed by atoms with Crippen LogP contribution in [-0.4, -0.2) is 10.5 Å². The van der Waals surface area contributed by atoms with Crippen LogP contribution in [0.25, 0.3) is 0 Å². The molecule has 0 spiro atoms. The van der Waals surface area contributed by atoms with Crippen LogP contribution in [0.1, 0.15) is 38.2 Å². The van der Waals surface area contributed by atoms with Crippen LogP contribution in [0.15, 0.2) is 24.3 Å². The monoisotopic (exact) mass is 252 g/mol. The van der Waals surface area contributed by atoms with E-state index in [2.05, 4.69) is 6.92 Å². The summed E-state index contributed by atoms with van der Waals surface area (Å²) in [5.41, 5.74) is 1.29. The highest BCUT2D eigenvalue weighted by molar-refractivity contribution is 6.20. The van der Waals surface area contributed by atoms with Crippen molar-refractivity contribution in [1.82, 2.24) is 0 Å². The van der Waals surface area contributed by atoms with Gasteiger partial charge in [-0.25, -0.2) is 0 Å². The van der Waals surface area contributed by atoms with Crippen LogP contribution in [0, 0.1) is 11.8 Å². The average molecular weight is 253 g/mol. The summed E-state index contributed by atoms with van der Waals surface area (Å²) in [6, 6.07) is 7.54. The molecule has 0 amide bonds. The lowest BCUT2D eigenvalue weighted by molar-refractivity contribution is 0.265. The molecule has 17 heavy (non-hydrogen) atoms. The van der Waals surface area contributed by atoms with Crippen molar-refractivity contribution in [1.29, 1.82) is 0 Å². The molecule has 1 aromatic rings. The van der Waals surface area contributed by atoms with Gasteiger partial charge in [0.1, 0.15) is 5.75 Å². The van der Waals surface area contributed by atoms with Crippen molar-refractivity contribution in [3.63, 3.8) is 0 Å². The molecule has 1 saturated carbocycles. The Hall–Kier alpha value is -0.690. The van der Waals surface area contributed by atoms with Crippen LogP contribution in [0.2, 0.25) is 0 Å². The predicted molar refractivity (Wildman–Crippen MR) is 72.6 cm³/mol. The second-order valence-corrected chi connectivity index (χ2v) is 5.79. The molecule has 3 unspecified atom stereocenters. The molecular weight excluding hydrogens is 232 g/mol. The molecule has 3 atom stereocenters. The fourth-order valence-corrected chi connectivity index (χ4v) is 3.16. The molecule has 0 saturated heterocycles. The minimum Gasteiger partial charge on any atom is -0.508 e. The second-order valence-electron chi connectivity index (χ2n) is 5.23. The van der Waals surface area contributed by atoms with Crippen LogP contribution in [-0.2, 0) is 6.42 Å². The van der Waals surface area contributed by atoms with Crippen molar-refractivity contribution in [2.75, 3.05) is 0 Å². The minimum absolute atomic E-state index is 0.326. The quantitative estimate of drug-likeness (QED) is 0.792. The highest BCUT2D eigenvalue weighted by Crippen LogP contribution is 2.36. The number of alkyl halides is 1. The molecule has 1 fully saturated rings. The largest absolute Gasteiger partial charge is 0.508 e. The van der Waals surface area contributed by atoms with E-state index in [-0.39, 0.29) is 0 Å². The van der Waals surface area contributed by atoms with Gasteiger partial charge in [-0.2, -0.15) is 0 Å². The molecular formula is C15H21ClO. The Kier molecular flexibility index (Phi) is 4.33. The van der Waals surface area contributed by atoms with Crippen LogP contribution < -0.4 is 0 Å². The molecule has 0 heterocycles. The molecule has 0 aliphatic heterocycles. The zero-order valence-electron chi connectivity index (χ0n) is 10.4. The zero-order chi connectivity index (χ0) is 12.3. The van der Waals surface area contributed by atoms with Crippen molar-refractivity contribution in [3.8, 4) is 5.75 Å². The van der Waals surface area contributed by atoms with E-state index in [0.29, 0.717) is 17.0 Å². The van der Waals surface area contributed by atoms with Gasteiger partial charge in [0, 0.05) is 5.38 Å². The van der Waals surface area contributed by atoms with Crippen molar-refractivity contribution < 1.29 is 5.11 Å². The molecule has 1 aliphatic rings. The van der Waals surface area contributed by atoms with E-state index in [4.69, 9.17) is 11.6 Å². The number of hydrogen-bond donors (Lipinski definition) is 1. The molecule has 0 bridgehead atoms. The van der Waals surface area contributed by atoms with E-state index < -0.39 is 0 Å². The minimum atomic E-state index is 0.326. The van der Waals surface area contributed by atoms with Crippen LogP contribution in [0.3, 0.4) is 0 Å². The molecule has 2 rings (SSSR count). The number of hydrogen-bond acceptors (Lipinski definition) is 1. The van der Waals surface area contributed by atoms with Crippen molar-refractivity contribution in [2.24, 2.45) is 11.8 Å². The Morgan fingerprint density at radius 3 is 2.59 bits per heavy atom. The normalized spacial score (nSPS) is 29.2. The highest BCUT2D eigenvalue weighted by Gasteiger charge is 2.28. The Morgan fingerprint density at radius 2 is 1.94 bits per heavy atom. The highest BCUT2D eigenvalue weighted by atomic mass is 35.5. The first kappa shape index (κ1) is 12.8. The van der Waals surface area contributed by atoms with Crippen LogP contribution >= 0.6 is 11.6 Å². The van der Waals surface area contributed by atoms with Gasteiger partial charge in [0.15, 0.2) is 0 Å². The lowest BCUT2D eigenvalue weighted by Gasteiger charge is -2.32. The number of aromatic hydroxyl groups is 1. The third-order valence-electron chi connectivity index (χ3n) is 4.01. The summed E-state index contributed by atoms with van der Waals surface area (Å²) >= 11 is 6.44. The van der Waals surface area contributed by atoms with Crippen molar-refractivity contribution >= 4 is 11.6 Å². The first-order valence-corrected chi connectivity index (χ1v) is 7.04. The number of benzene rings is 1. The Morgan fingerprint density at radius 1 is 1.24 bits per heavy atom. The smallest absolute Gasteiger partial charge is 0.115 e. The van der Waals surface area contributed by atoms with E-state index >= 15 is 0 Å². The Bertz CT molecular complexity index is 346.